The topological polar surface area (TPSA) is 105 Å². The Morgan fingerprint density at radius 3 is 2.68 bits per heavy atom. The fourth-order valence-corrected chi connectivity index (χ4v) is 5.89. The molecule has 1 saturated carbocycles. The normalized spacial score (nSPS) is 21.6. The fourth-order valence-electron chi connectivity index (χ4n) is 5.06. The quantitative estimate of drug-likeness (QED) is 0.395. The lowest BCUT2D eigenvalue weighted by atomic mass is 9.84. The number of benzene rings is 1. The van der Waals surface area contributed by atoms with Crippen molar-refractivity contribution >= 4 is 39.0 Å². The van der Waals surface area contributed by atoms with Crippen molar-refractivity contribution < 1.29 is 14.1 Å². The van der Waals surface area contributed by atoms with Gasteiger partial charge in [0.1, 0.15) is 5.82 Å². The van der Waals surface area contributed by atoms with Crippen LogP contribution in [0, 0.1) is 16.0 Å². The predicted octanol–water partition coefficient (Wildman–Crippen LogP) is 4.30. The van der Waals surface area contributed by atoms with Crippen LogP contribution in [0.2, 0.25) is 0 Å². The molecular weight excluding hydrogens is 454 g/mol. The molecule has 2 fully saturated rings. The van der Waals surface area contributed by atoms with Crippen LogP contribution in [0.15, 0.2) is 41.0 Å². The molecule has 1 N–H and O–H groups in total. The average molecular weight is 484 g/mol. The average Bonchev–Trinajstić information content (AvgIpc) is 3.54. The first-order valence-electron chi connectivity index (χ1n) is 11.9. The van der Waals surface area contributed by atoms with Gasteiger partial charge in [0.05, 0.1) is 15.9 Å². The van der Waals surface area contributed by atoms with Crippen molar-refractivity contribution in [1.29, 1.82) is 0 Å². The third kappa shape index (κ3) is 5.07. The van der Waals surface area contributed by atoms with Crippen molar-refractivity contribution in [3.8, 4) is 0 Å². The summed E-state index contributed by atoms with van der Waals surface area (Å²) in [6.07, 6.45) is 7.08. The van der Waals surface area contributed by atoms with Crippen molar-refractivity contribution in [3.05, 3.63) is 52.5 Å². The van der Waals surface area contributed by atoms with Gasteiger partial charge in [-0.05, 0) is 74.3 Å². The van der Waals surface area contributed by atoms with E-state index in [1.807, 2.05) is 6.07 Å². The van der Waals surface area contributed by atoms with E-state index in [2.05, 4.69) is 19.5 Å². The molecule has 10 heteroatoms. The van der Waals surface area contributed by atoms with Crippen LogP contribution in [0.1, 0.15) is 42.7 Å². The zero-order chi connectivity index (χ0) is 23.5. The number of fused-ring (bicyclic) bond motifs is 1. The molecule has 2 aromatic heterocycles. The molecule has 0 radical (unpaired) electrons. The molecule has 0 unspecified atom stereocenters. The Hall–Kier alpha value is -2.98. The van der Waals surface area contributed by atoms with Gasteiger partial charge in [-0.1, -0.05) is 0 Å². The predicted molar refractivity (Wildman–Crippen MR) is 131 cm³/mol. The Bertz CT molecular complexity index is 1130. The zero-order valence-electron chi connectivity index (χ0n) is 19.0. The van der Waals surface area contributed by atoms with E-state index in [-0.39, 0.29) is 22.6 Å². The van der Waals surface area contributed by atoms with E-state index >= 15 is 0 Å². The minimum atomic E-state index is -0.360. The van der Waals surface area contributed by atoms with Crippen molar-refractivity contribution in [2.24, 2.45) is 5.92 Å². The molecule has 3 heterocycles. The van der Waals surface area contributed by atoms with E-state index in [4.69, 9.17) is 4.42 Å². The number of piperazine rings is 1. The molecule has 180 valence electrons. The Morgan fingerprint density at radius 1 is 1.18 bits per heavy atom. The molecular formula is C24H29N5O4S. The summed E-state index contributed by atoms with van der Waals surface area (Å²) in [4.78, 5) is 27.7. The smallest absolute Gasteiger partial charge is 0.287 e. The van der Waals surface area contributed by atoms with E-state index in [1.165, 1.54) is 24.2 Å². The summed E-state index contributed by atoms with van der Waals surface area (Å²) in [5.74, 6) is 1.93. The summed E-state index contributed by atoms with van der Waals surface area (Å²) in [5.41, 5.74) is 0.112. The number of nitrogens with one attached hydrogen (secondary N) is 1. The van der Waals surface area contributed by atoms with Gasteiger partial charge in [0.15, 0.2) is 5.76 Å². The second kappa shape index (κ2) is 10.1. The lowest BCUT2D eigenvalue weighted by Crippen LogP contribution is -2.47. The lowest BCUT2D eigenvalue weighted by Gasteiger charge is -2.36. The minimum Gasteiger partial charge on any atom is -0.459 e. The molecule has 0 atom stereocenters. The second-order valence-corrected chi connectivity index (χ2v) is 10.0. The second-order valence-electron chi connectivity index (χ2n) is 9.23. The van der Waals surface area contributed by atoms with Crippen LogP contribution in [0.3, 0.4) is 0 Å². The van der Waals surface area contributed by atoms with Crippen molar-refractivity contribution in [3.63, 3.8) is 0 Å². The van der Waals surface area contributed by atoms with Crippen LogP contribution in [-0.4, -0.2) is 58.9 Å². The SMILES string of the molecule is O=C(NC1CCC(CCN2CCN(c3nsc4cc([N+](=O)[O-])ccc34)CC2)CC1)c1ccco1. The van der Waals surface area contributed by atoms with Crippen molar-refractivity contribution in [2.45, 2.75) is 38.1 Å². The molecule has 2 aliphatic rings. The Morgan fingerprint density at radius 2 is 1.97 bits per heavy atom. The molecule has 0 spiro atoms. The van der Waals surface area contributed by atoms with Crippen LogP contribution >= 0.6 is 11.5 Å². The third-order valence-electron chi connectivity index (χ3n) is 7.10. The van der Waals surface area contributed by atoms with Gasteiger partial charge in [-0.25, -0.2) is 0 Å². The highest BCUT2D eigenvalue weighted by molar-refractivity contribution is 7.13. The number of hydrogen-bond donors (Lipinski definition) is 1. The largest absolute Gasteiger partial charge is 0.459 e. The molecule has 1 aliphatic carbocycles. The summed E-state index contributed by atoms with van der Waals surface area (Å²) in [7, 11) is 0. The molecule has 0 bridgehead atoms. The van der Waals surface area contributed by atoms with E-state index in [9.17, 15) is 14.9 Å². The highest BCUT2D eigenvalue weighted by Gasteiger charge is 2.25. The fraction of sp³-hybridized carbons (Fsp3) is 0.500. The molecule has 3 aromatic rings. The monoisotopic (exact) mass is 483 g/mol. The molecule has 9 nitrogen and oxygen atoms in total. The highest BCUT2D eigenvalue weighted by atomic mass is 32.1. The van der Waals surface area contributed by atoms with Gasteiger partial charge in [-0.3, -0.25) is 19.8 Å². The summed E-state index contributed by atoms with van der Waals surface area (Å²) in [6, 6.07) is 8.68. The van der Waals surface area contributed by atoms with Gasteiger partial charge < -0.3 is 14.6 Å². The number of non-ortho nitro benzene ring substituents is 1. The lowest BCUT2D eigenvalue weighted by molar-refractivity contribution is -0.384. The number of hydrogen-bond acceptors (Lipinski definition) is 8. The number of carbonyl (C=O) groups excluding carboxylic acids is 1. The van der Waals surface area contributed by atoms with E-state index in [0.717, 1.165) is 74.3 Å². The van der Waals surface area contributed by atoms with Gasteiger partial charge in [0, 0.05) is 49.7 Å². The molecule has 1 saturated heterocycles. The molecule has 5 rings (SSSR count). The van der Waals surface area contributed by atoms with Crippen molar-refractivity contribution in [2.75, 3.05) is 37.6 Å². The van der Waals surface area contributed by atoms with E-state index < -0.39 is 0 Å². The first kappa shape index (κ1) is 22.8. The van der Waals surface area contributed by atoms with Crippen molar-refractivity contribution in [1.82, 2.24) is 14.6 Å². The van der Waals surface area contributed by atoms with Crippen LogP contribution in [0.4, 0.5) is 11.5 Å². The number of rotatable bonds is 7. The Balaban J connectivity index is 1.05. The summed E-state index contributed by atoms with van der Waals surface area (Å²) in [6.45, 7) is 4.94. The maximum Gasteiger partial charge on any atom is 0.287 e. The zero-order valence-corrected chi connectivity index (χ0v) is 19.8. The minimum absolute atomic E-state index is 0.112. The van der Waals surface area contributed by atoms with Gasteiger partial charge in [-0.15, -0.1) is 0 Å². The van der Waals surface area contributed by atoms with Crippen LogP contribution < -0.4 is 10.2 Å². The van der Waals surface area contributed by atoms with Gasteiger partial charge >= 0.3 is 0 Å². The van der Waals surface area contributed by atoms with Crippen LogP contribution in [0.25, 0.3) is 10.1 Å². The molecule has 1 aliphatic heterocycles. The van der Waals surface area contributed by atoms with E-state index in [1.54, 1.807) is 24.3 Å². The summed E-state index contributed by atoms with van der Waals surface area (Å²) < 4.78 is 10.6. The third-order valence-corrected chi connectivity index (χ3v) is 7.90. The van der Waals surface area contributed by atoms with Crippen LogP contribution in [-0.2, 0) is 0 Å². The first-order valence-corrected chi connectivity index (χ1v) is 12.7. The number of furan rings is 1. The van der Waals surface area contributed by atoms with E-state index in [0.29, 0.717) is 11.7 Å². The number of anilines is 1. The maximum absolute atomic E-state index is 12.2. The molecule has 1 amide bonds. The number of carbonyl (C=O) groups is 1. The summed E-state index contributed by atoms with van der Waals surface area (Å²) >= 11 is 1.33. The first-order chi connectivity index (χ1) is 16.6. The number of aromatic nitrogens is 1. The number of amides is 1. The standard InChI is InChI=1S/C24H29N5O4S/c30-24(21-2-1-15-33-21)25-18-5-3-17(4-6-18)9-10-27-11-13-28(14-12-27)23-20-8-7-19(29(31)32)16-22(20)34-26-23/h1-2,7-8,15-18H,3-6,9-14H2,(H,25,30). The Kier molecular flexibility index (Phi) is 6.77. The number of nitro benzene ring substituents is 1. The highest BCUT2D eigenvalue weighted by Crippen LogP contribution is 2.33. The van der Waals surface area contributed by atoms with Crippen LogP contribution in [0.5, 0.6) is 0 Å². The molecule has 34 heavy (non-hydrogen) atoms. The molecule has 1 aromatic carbocycles. The maximum atomic E-state index is 12.2. The number of nitrogens with zero attached hydrogens (tertiary/aromatic N) is 4. The Labute approximate surface area is 202 Å². The summed E-state index contributed by atoms with van der Waals surface area (Å²) in [5, 5.41) is 15.1. The van der Waals surface area contributed by atoms with Gasteiger partial charge in [0.25, 0.3) is 11.6 Å². The number of nitro groups is 1. The van der Waals surface area contributed by atoms with Gasteiger partial charge in [0.2, 0.25) is 0 Å². The van der Waals surface area contributed by atoms with Gasteiger partial charge in [-0.2, -0.15) is 4.37 Å².